The zero-order valence-electron chi connectivity index (χ0n) is 7.42. The van der Waals surface area contributed by atoms with E-state index in [4.69, 9.17) is 0 Å². The minimum Gasteiger partial charge on any atom is -0.140 e. The van der Waals surface area contributed by atoms with E-state index >= 15 is 0 Å². The highest BCUT2D eigenvalue weighted by Crippen LogP contribution is 2.30. The van der Waals surface area contributed by atoms with Gasteiger partial charge in [0, 0.05) is 9.58 Å². The van der Waals surface area contributed by atoms with Gasteiger partial charge in [-0.3, -0.25) is 0 Å². The summed E-state index contributed by atoms with van der Waals surface area (Å²) in [5, 5.41) is 1.43. The lowest BCUT2D eigenvalue weighted by Gasteiger charge is -1.91. The topological polar surface area (TPSA) is 0 Å². The minimum absolute atomic E-state index is 1.16. The smallest absolute Gasteiger partial charge is 0.0348 e. The number of thiophene rings is 1. The highest BCUT2D eigenvalue weighted by molar-refractivity contribution is 7.19. The van der Waals surface area contributed by atoms with E-state index < -0.39 is 0 Å². The van der Waals surface area contributed by atoms with Gasteiger partial charge >= 0.3 is 0 Å². The summed E-state index contributed by atoms with van der Waals surface area (Å²) < 4.78 is 1.42. The van der Waals surface area contributed by atoms with Gasteiger partial charge in [-0.15, -0.1) is 11.3 Å². The highest BCUT2D eigenvalue weighted by atomic mass is 32.1. The number of aryl methyl sites for hydroxylation is 2. The van der Waals surface area contributed by atoms with Gasteiger partial charge in [0.05, 0.1) is 0 Å². The molecule has 0 spiro atoms. The molecule has 0 unspecified atom stereocenters. The van der Waals surface area contributed by atoms with Crippen molar-refractivity contribution in [2.45, 2.75) is 20.3 Å². The maximum absolute atomic E-state index is 2.22. The van der Waals surface area contributed by atoms with Crippen molar-refractivity contribution >= 4 is 21.4 Å². The zero-order chi connectivity index (χ0) is 8.55. The molecule has 0 fully saturated rings. The van der Waals surface area contributed by atoms with Crippen molar-refractivity contribution in [3.05, 3.63) is 34.7 Å². The number of hydrogen-bond donors (Lipinski definition) is 0. The first kappa shape index (κ1) is 7.81. The normalized spacial score (nSPS) is 10.8. The monoisotopic (exact) mass is 176 g/mol. The summed E-state index contributed by atoms with van der Waals surface area (Å²) in [6.07, 6.45) is 1.16. The lowest BCUT2D eigenvalue weighted by molar-refractivity contribution is 1.16. The van der Waals surface area contributed by atoms with E-state index in [1.54, 1.807) is 0 Å². The third-order valence-corrected chi connectivity index (χ3v) is 3.68. The first-order chi connectivity index (χ1) is 5.83. The van der Waals surface area contributed by atoms with Gasteiger partial charge in [0.15, 0.2) is 0 Å². The molecule has 2 aromatic rings. The zero-order valence-corrected chi connectivity index (χ0v) is 8.24. The van der Waals surface area contributed by atoms with Gasteiger partial charge < -0.3 is 0 Å². The summed E-state index contributed by atoms with van der Waals surface area (Å²) in [5.41, 5.74) is 1.47. The van der Waals surface area contributed by atoms with Crippen LogP contribution < -0.4 is 0 Å². The second kappa shape index (κ2) is 2.91. The first-order valence-electron chi connectivity index (χ1n) is 4.30. The Morgan fingerprint density at radius 2 is 2.00 bits per heavy atom. The van der Waals surface area contributed by atoms with Crippen LogP contribution in [0.25, 0.3) is 10.1 Å². The van der Waals surface area contributed by atoms with Gasteiger partial charge in [-0.05, 0) is 30.4 Å². The fraction of sp³-hybridized carbons (Fsp3) is 0.273. The quantitative estimate of drug-likeness (QED) is 0.620. The second-order valence-corrected chi connectivity index (χ2v) is 4.14. The molecule has 0 N–H and O–H groups in total. The molecule has 2 rings (SSSR count). The van der Waals surface area contributed by atoms with Crippen LogP contribution in [-0.4, -0.2) is 0 Å². The van der Waals surface area contributed by atoms with Gasteiger partial charge in [-0.2, -0.15) is 0 Å². The predicted octanol–water partition coefficient (Wildman–Crippen LogP) is 3.77. The van der Waals surface area contributed by atoms with Gasteiger partial charge in [0.25, 0.3) is 0 Å². The Morgan fingerprint density at radius 1 is 1.25 bits per heavy atom. The largest absolute Gasteiger partial charge is 0.140 e. The Morgan fingerprint density at radius 3 is 2.67 bits per heavy atom. The van der Waals surface area contributed by atoms with Gasteiger partial charge in [0.1, 0.15) is 0 Å². The van der Waals surface area contributed by atoms with Crippen molar-refractivity contribution in [1.82, 2.24) is 0 Å². The molecule has 12 heavy (non-hydrogen) atoms. The van der Waals surface area contributed by atoms with Crippen LogP contribution in [-0.2, 0) is 6.42 Å². The maximum Gasteiger partial charge on any atom is 0.0348 e. The standard InChI is InChI=1S/C11H12S/c1-3-10-8(2)9-6-4-5-7-11(9)12-10/h4-7H,3H2,1-2H3. The van der Waals surface area contributed by atoms with E-state index in [1.807, 2.05) is 11.3 Å². The Hall–Kier alpha value is -0.820. The Balaban J connectivity index is 2.78. The summed E-state index contributed by atoms with van der Waals surface area (Å²) >= 11 is 1.92. The van der Waals surface area contributed by atoms with Crippen LogP contribution >= 0.6 is 11.3 Å². The van der Waals surface area contributed by atoms with Crippen molar-refractivity contribution in [3.63, 3.8) is 0 Å². The number of rotatable bonds is 1. The van der Waals surface area contributed by atoms with E-state index in [0.717, 1.165) is 6.42 Å². The molecule has 62 valence electrons. The molecule has 0 amide bonds. The minimum atomic E-state index is 1.16. The van der Waals surface area contributed by atoms with Crippen LogP contribution in [0.5, 0.6) is 0 Å². The van der Waals surface area contributed by atoms with Crippen LogP contribution in [0, 0.1) is 6.92 Å². The molecule has 1 aromatic carbocycles. The van der Waals surface area contributed by atoms with Crippen molar-refractivity contribution in [2.75, 3.05) is 0 Å². The molecule has 0 radical (unpaired) electrons. The fourth-order valence-corrected chi connectivity index (χ4v) is 2.71. The maximum atomic E-state index is 2.22. The molecule has 0 saturated heterocycles. The molecule has 0 bridgehead atoms. The van der Waals surface area contributed by atoms with Crippen molar-refractivity contribution < 1.29 is 0 Å². The van der Waals surface area contributed by atoms with Gasteiger partial charge in [-0.25, -0.2) is 0 Å². The van der Waals surface area contributed by atoms with Gasteiger partial charge in [0.2, 0.25) is 0 Å². The summed E-state index contributed by atoms with van der Waals surface area (Å²) in [5.74, 6) is 0. The summed E-state index contributed by atoms with van der Waals surface area (Å²) in [6, 6.07) is 8.63. The van der Waals surface area contributed by atoms with Gasteiger partial charge in [-0.1, -0.05) is 25.1 Å². The third kappa shape index (κ3) is 1.05. The average Bonchev–Trinajstić information content (AvgIpc) is 2.44. The van der Waals surface area contributed by atoms with E-state index in [-0.39, 0.29) is 0 Å². The number of fused-ring (bicyclic) bond motifs is 1. The van der Waals surface area contributed by atoms with Crippen molar-refractivity contribution in [3.8, 4) is 0 Å². The number of hydrogen-bond acceptors (Lipinski definition) is 1. The van der Waals surface area contributed by atoms with Crippen LogP contribution in [0.4, 0.5) is 0 Å². The molecule has 0 atom stereocenters. The molecule has 0 aliphatic rings. The number of benzene rings is 1. The van der Waals surface area contributed by atoms with Crippen LogP contribution in [0.3, 0.4) is 0 Å². The molecular weight excluding hydrogens is 164 g/mol. The third-order valence-electron chi connectivity index (χ3n) is 2.26. The molecule has 0 saturated carbocycles. The highest BCUT2D eigenvalue weighted by Gasteiger charge is 2.04. The van der Waals surface area contributed by atoms with E-state index in [9.17, 15) is 0 Å². The van der Waals surface area contributed by atoms with Crippen molar-refractivity contribution in [2.24, 2.45) is 0 Å². The lowest BCUT2D eigenvalue weighted by atomic mass is 10.1. The molecule has 1 aromatic heterocycles. The molecular formula is C11H12S. The Labute approximate surface area is 76.8 Å². The molecule has 0 nitrogen and oxygen atoms in total. The van der Waals surface area contributed by atoms with E-state index in [2.05, 4.69) is 38.1 Å². The second-order valence-electron chi connectivity index (χ2n) is 3.00. The van der Waals surface area contributed by atoms with Crippen LogP contribution in [0.2, 0.25) is 0 Å². The fourth-order valence-electron chi connectivity index (χ4n) is 1.56. The van der Waals surface area contributed by atoms with Crippen LogP contribution in [0.1, 0.15) is 17.4 Å². The van der Waals surface area contributed by atoms with E-state index in [0.29, 0.717) is 0 Å². The summed E-state index contributed by atoms with van der Waals surface area (Å²) in [4.78, 5) is 1.52. The SMILES string of the molecule is CCc1sc2ccccc2c1C. The molecule has 1 heteroatoms. The van der Waals surface area contributed by atoms with E-state index in [1.165, 1.54) is 20.5 Å². The van der Waals surface area contributed by atoms with Crippen LogP contribution in [0.15, 0.2) is 24.3 Å². The molecule has 0 aliphatic heterocycles. The molecule has 1 heterocycles. The first-order valence-corrected chi connectivity index (χ1v) is 5.11. The Bertz CT molecular complexity index is 398. The summed E-state index contributed by atoms with van der Waals surface area (Å²) in [6.45, 7) is 4.44. The summed E-state index contributed by atoms with van der Waals surface area (Å²) in [7, 11) is 0. The van der Waals surface area contributed by atoms with Crippen molar-refractivity contribution in [1.29, 1.82) is 0 Å². The molecule has 0 aliphatic carbocycles. The lowest BCUT2D eigenvalue weighted by Crippen LogP contribution is -1.75. The predicted molar refractivity (Wildman–Crippen MR) is 55.9 cm³/mol. The Kier molecular flexibility index (Phi) is 1.89. The average molecular weight is 176 g/mol.